The van der Waals surface area contributed by atoms with Crippen LogP contribution in [0.5, 0.6) is 0 Å². The summed E-state index contributed by atoms with van der Waals surface area (Å²) in [6.45, 7) is 7.02. The zero-order chi connectivity index (χ0) is 11.5. The number of fused-ring (bicyclic) bond motifs is 1. The SMILES string of the molecule is C=C(CCC)C1=CCC2CC=CC(=O)N2C1. The average molecular weight is 217 g/mol. The maximum Gasteiger partial charge on any atom is 0.246 e. The van der Waals surface area contributed by atoms with Crippen molar-refractivity contribution in [2.75, 3.05) is 6.54 Å². The minimum atomic E-state index is 0.158. The molecule has 86 valence electrons. The van der Waals surface area contributed by atoms with Crippen molar-refractivity contribution in [1.29, 1.82) is 0 Å². The smallest absolute Gasteiger partial charge is 0.246 e. The predicted octanol–water partition coefficient (Wildman–Crippen LogP) is 2.83. The highest BCUT2D eigenvalue weighted by Gasteiger charge is 2.28. The minimum absolute atomic E-state index is 0.158. The van der Waals surface area contributed by atoms with Gasteiger partial charge in [-0.1, -0.05) is 37.6 Å². The van der Waals surface area contributed by atoms with Crippen LogP contribution in [0.1, 0.15) is 32.6 Å². The highest BCUT2D eigenvalue weighted by Crippen LogP contribution is 2.27. The van der Waals surface area contributed by atoms with Crippen molar-refractivity contribution in [1.82, 2.24) is 4.90 Å². The fourth-order valence-electron chi connectivity index (χ4n) is 2.40. The number of hydrogen-bond donors (Lipinski definition) is 0. The Labute approximate surface area is 97.3 Å². The van der Waals surface area contributed by atoms with Crippen LogP contribution in [-0.2, 0) is 4.79 Å². The van der Waals surface area contributed by atoms with E-state index in [0.29, 0.717) is 6.04 Å². The molecule has 2 nitrogen and oxygen atoms in total. The van der Waals surface area contributed by atoms with Gasteiger partial charge in [0, 0.05) is 12.6 Å². The molecule has 0 aromatic heterocycles. The van der Waals surface area contributed by atoms with Crippen LogP contribution < -0.4 is 0 Å². The third-order valence-corrected chi connectivity index (χ3v) is 3.38. The van der Waals surface area contributed by atoms with E-state index in [1.54, 1.807) is 6.08 Å². The van der Waals surface area contributed by atoms with Gasteiger partial charge in [-0.05, 0) is 30.9 Å². The minimum Gasteiger partial charge on any atom is -0.331 e. The summed E-state index contributed by atoms with van der Waals surface area (Å²) in [5, 5.41) is 0. The number of hydrogen-bond acceptors (Lipinski definition) is 1. The average Bonchev–Trinajstić information content (AvgIpc) is 2.29. The Bertz CT molecular complexity index is 365. The third kappa shape index (κ3) is 2.11. The van der Waals surface area contributed by atoms with E-state index in [2.05, 4.69) is 19.6 Å². The first kappa shape index (κ1) is 11.2. The summed E-state index contributed by atoms with van der Waals surface area (Å²) in [5.41, 5.74) is 2.46. The van der Waals surface area contributed by atoms with Crippen LogP contribution >= 0.6 is 0 Å². The Morgan fingerprint density at radius 2 is 2.38 bits per heavy atom. The molecule has 1 amide bonds. The Balaban J connectivity index is 2.09. The molecule has 0 aromatic rings. The number of carbonyl (C=O) groups is 1. The van der Waals surface area contributed by atoms with Gasteiger partial charge >= 0.3 is 0 Å². The second-order valence-corrected chi connectivity index (χ2v) is 4.58. The Morgan fingerprint density at radius 3 is 3.12 bits per heavy atom. The van der Waals surface area contributed by atoms with Gasteiger partial charge in [0.1, 0.15) is 0 Å². The van der Waals surface area contributed by atoms with Gasteiger partial charge in [0.05, 0.1) is 0 Å². The van der Waals surface area contributed by atoms with Crippen LogP contribution in [0.3, 0.4) is 0 Å². The molecule has 2 heterocycles. The molecular formula is C14H19NO. The normalized spacial score (nSPS) is 24.1. The van der Waals surface area contributed by atoms with Gasteiger partial charge in [-0.2, -0.15) is 0 Å². The van der Waals surface area contributed by atoms with Crippen molar-refractivity contribution in [2.24, 2.45) is 0 Å². The van der Waals surface area contributed by atoms with Crippen LogP contribution in [0.4, 0.5) is 0 Å². The van der Waals surface area contributed by atoms with E-state index >= 15 is 0 Å². The van der Waals surface area contributed by atoms with E-state index in [9.17, 15) is 4.79 Å². The molecule has 2 aliphatic rings. The molecule has 0 aliphatic carbocycles. The predicted molar refractivity (Wildman–Crippen MR) is 66.0 cm³/mol. The molecular weight excluding hydrogens is 198 g/mol. The molecule has 2 aliphatic heterocycles. The molecule has 1 unspecified atom stereocenters. The lowest BCUT2D eigenvalue weighted by molar-refractivity contribution is -0.128. The highest BCUT2D eigenvalue weighted by molar-refractivity contribution is 5.89. The summed E-state index contributed by atoms with van der Waals surface area (Å²) in [6, 6.07) is 0.385. The van der Waals surface area contributed by atoms with E-state index in [-0.39, 0.29) is 5.91 Å². The molecule has 16 heavy (non-hydrogen) atoms. The number of nitrogens with zero attached hydrogens (tertiary/aromatic N) is 1. The summed E-state index contributed by atoms with van der Waals surface area (Å²) in [5.74, 6) is 0.158. The Morgan fingerprint density at radius 1 is 1.56 bits per heavy atom. The van der Waals surface area contributed by atoms with Crippen molar-refractivity contribution in [3.63, 3.8) is 0 Å². The second-order valence-electron chi connectivity index (χ2n) is 4.58. The van der Waals surface area contributed by atoms with E-state index < -0.39 is 0 Å². The highest BCUT2D eigenvalue weighted by atomic mass is 16.2. The van der Waals surface area contributed by atoms with Crippen molar-refractivity contribution >= 4 is 5.91 Å². The largest absolute Gasteiger partial charge is 0.331 e. The van der Waals surface area contributed by atoms with E-state index in [1.807, 2.05) is 11.0 Å². The van der Waals surface area contributed by atoms with Crippen LogP contribution in [0.2, 0.25) is 0 Å². The fourth-order valence-corrected chi connectivity index (χ4v) is 2.40. The summed E-state index contributed by atoms with van der Waals surface area (Å²) in [7, 11) is 0. The molecule has 0 saturated carbocycles. The molecule has 0 radical (unpaired) electrons. The van der Waals surface area contributed by atoms with Gasteiger partial charge in [-0.3, -0.25) is 4.79 Å². The molecule has 0 N–H and O–H groups in total. The summed E-state index contributed by atoms with van der Waals surface area (Å²) in [6.07, 6.45) is 10.1. The maximum atomic E-state index is 11.7. The van der Waals surface area contributed by atoms with E-state index in [0.717, 1.165) is 32.2 Å². The fraction of sp³-hybridized carbons (Fsp3) is 0.500. The lowest BCUT2D eigenvalue weighted by Crippen LogP contribution is -2.44. The zero-order valence-electron chi connectivity index (χ0n) is 9.91. The monoisotopic (exact) mass is 217 g/mol. The molecule has 1 atom stereocenters. The molecule has 0 fully saturated rings. The third-order valence-electron chi connectivity index (χ3n) is 3.38. The zero-order valence-corrected chi connectivity index (χ0v) is 9.91. The van der Waals surface area contributed by atoms with Crippen LogP contribution in [0.15, 0.2) is 36.0 Å². The standard InChI is InChI=1S/C14H19NO/c1-3-5-11(2)12-8-9-13-6-4-7-14(16)15(13)10-12/h4,7-8,13H,2-3,5-6,9-10H2,1H3. The van der Waals surface area contributed by atoms with Gasteiger partial charge in [0.2, 0.25) is 5.91 Å². The second kappa shape index (κ2) is 4.69. The summed E-state index contributed by atoms with van der Waals surface area (Å²) in [4.78, 5) is 13.7. The van der Waals surface area contributed by atoms with E-state index in [4.69, 9.17) is 0 Å². The quantitative estimate of drug-likeness (QED) is 0.712. The van der Waals surface area contributed by atoms with E-state index in [1.165, 1.54) is 11.1 Å². The summed E-state index contributed by atoms with van der Waals surface area (Å²) >= 11 is 0. The number of rotatable bonds is 3. The van der Waals surface area contributed by atoms with Crippen LogP contribution in [-0.4, -0.2) is 23.4 Å². The first-order valence-corrected chi connectivity index (χ1v) is 6.06. The van der Waals surface area contributed by atoms with Crippen molar-refractivity contribution < 1.29 is 4.79 Å². The Hall–Kier alpha value is -1.31. The molecule has 0 bridgehead atoms. The van der Waals surface area contributed by atoms with Crippen molar-refractivity contribution in [2.45, 2.75) is 38.6 Å². The molecule has 0 aromatic carbocycles. The van der Waals surface area contributed by atoms with Gasteiger partial charge in [0.15, 0.2) is 0 Å². The first-order valence-electron chi connectivity index (χ1n) is 6.06. The van der Waals surface area contributed by atoms with Crippen molar-refractivity contribution in [3.05, 3.63) is 36.0 Å². The van der Waals surface area contributed by atoms with Crippen LogP contribution in [0, 0.1) is 0 Å². The van der Waals surface area contributed by atoms with Gasteiger partial charge in [-0.15, -0.1) is 0 Å². The number of amides is 1. The van der Waals surface area contributed by atoms with Gasteiger partial charge in [0.25, 0.3) is 0 Å². The lowest BCUT2D eigenvalue weighted by atomic mass is 9.92. The summed E-state index contributed by atoms with van der Waals surface area (Å²) < 4.78 is 0. The first-order chi connectivity index (χ1) is 7.72. The topological polar surface area (TPSA) is 20.3 Å². The molecule has 2 rings (SSSR count). The number of carbonyl (C=O) groups excluding carboxylic acids is 1. The Kier molecular flexibility index (Phi) is 3.28. The molecule has 2 heteroatoms. The lowest BCUT2D eigenvalue weighted by Gasteiger charge is -2.37. The van der Waals surface area contributed by atoms with Crippen LogP contribution in [0.25, 0.3) is 0 Å². The van der Waals surface area contributed by atoms with Crippen molar-refractivity contribution in [3.8, 4) is 0 Å². The molecule has 0 saturated heterocycles. The maximum absolute atomic E-state index is 11.7. The molecule has 0 spiro atoms. The van der Waals surface area contributed by atoms with Gasteiger partial charge < -0.3 is 4.90 Å². The van der Waals surface area contributed by atoms with Gasteiger partial charge in [-0.25, -0.2) is 0 Å².